The number of nitrogens with zero attached hydrogens (tertiary/aromatic N) is 2. The quantitative estimate of drug-likeness (QED) is 0.669. The fraction of sp³-hybridized carbons (Fsp3) is 0.0714. The van der Waals surface area contributed by atoms with Gasteiger partial charge < -0.3 is 4.74 Å². The molecule has 0 N–H and O–H groups in total. The van der Waals surface area contributed by atoms with Crippen LogP contribution in [0, 0.1) is 0 Å². The van der Waals surface area contributed by atoms with E-state index in [9.17, 15) is 0 Å². The highest BCUT2D eigenvalue weighted by Crippen LogP contribution is 2.21. The SMILES string of the molecule is COc1ccc2cc(-c3ccccc3)nn2c1. The smallest absolute Gasteiger partial charge is 0.137 e. The third-order valence-corrected chi connectivity index (χ3v) is 2.74. The third-order valence-electron chi connectivity index (χ3n) is 2.74. The van der Waals surface area contributed by atoms with Crippen molar-refractivity contribution in [3.8, 4) is 17.0 Å². The minimum Gasteiger partial charge on any atom is -0.495 e. The topological polar surface area (TPSA) is 26.5 Å². The van der Waals surface area contributed by atoms with Crippen LogP contribution in [0.1, 0.15) is 0 Å². The van der Waals surface area contributed by atoms with Crippen molar-refractivity contribution in [2.45, 2.75) is 0 Å². The van der Waals surface area contributed by atoms with Crippen LogP contribution in [0.3, 0.4) is 0 Å². The van der Waals surface area contributed by atoms with E-state index in [-0.39, 0.29) is 0 Å². The van der Waals surface area contributed by atoms with E-state index >= 15 is 0 Å². The van der Waals surface area contributed by atoms with Gasteiger partial charge in [0.05, 0.1) is 24.5 Å². The number of hydrogen-bond donors (Lipinski definition) is 0. The van der Waals surface area contributed by atoms with Crippen LogP contribution < -0.4 is 4.74 Å². The van der Waals surface area contributed by atoms with E-state index in [0.717, 1.165) is 22.5 Å². The van der Waals surface area contributed by atoms with Crippen LogP contribution in [0.4, 0.5) is 0 Å². The Kier molecular flexibility index (Phi) is 2.29. The van der Waals surface area contributed by atoms with E-state index in [4.69, 9.17) is 4.74 Å². The molecule has 1 aromatic carbocycles. The molecule has 2 heterocycles. The molecule has 0 saturated carbocycles. The number of benzene rings is 1. The average Bonchev–Trinajstić information content (AvgIpc) is 2.82. The lowest BCUT2D eigenvalue weighted by Crippen LogP contribution is -1.89. The molecule has 0 saturated heterocycles. The van der Waals surface area contributed by atoms with Crippen LogP contribution in [-0.2, 0) is 0 Å². The average molecular weight is 224 g/mol. The molecular formula is C14H12N2O. The van der Waals surface area contributed by atoms with Gasteiger partial charge in [-0.25, -0.2) is 4.52 Å². The molecule has 0 aliphatic heterocycles. The second kappa shape index (κ2) is 3.94. The molecule has 3 rings (SSSR count). The second-order valence-electron chi connectivity index (χ2n) is 3.83. The molecule has 0 amide bonds. The van der Waals surface area contributed by atoms with Crippen molar-refractivity contribution in [1.29, 1.82) is 0 Å². The first kappa shape index (κ1) is 9.90. The maximum absolute atomic E-state index is 5.18. The van der Waals surface area contributed by atoms with E-state index in [1.165, 1.54) is 0 Å². The van der Waals surface area contributed by atoms with Gasteiger partial charge in [-0.3, -0.25) is 0 Å². The number of rotatable bonds is 2. The molecule has 3 heteroatoms. The van der Waals surface area contributed by atoms with Crippen LogP contribution in [0.15, 0.2) is 54.7 Å². The third kappa shape index (κ3) is 1.76. The van der Waals surface area contributed by atoms with Crippen molar-refractivity contribution < 1.29 is 4.74 Å². The van der Waals surface area contributed by atoms with Gasteiger partial charge in [0, 0.05) is 5.56 Å². The normalized spacial score (nSPS) is 10.6. The number of methoxy groups -OCH3 is 1. The fourth-order valence-corrected chi connectivity index (χ4v) is 1.84. The van der Waals surface area contributed by atoms with Crippen molar-refractivity contribution in [3.05, 3.63) is 54.7 Å². The molecule has 0 atom stereocenters. The number of hydrogen-bond acceptors (Lipinski definition) is 2. The Labute approximate surface area is 99.3 Å². The van der Waals surface area contributed by atoms with E-state index in [0.29, 0.717) is 0 Å². The molecule has 0 spiro atoms. The summed E-state index contributed by atoms with van der Waals surface area (Å²) in [6.45, 7) is 0. The van der Waals surface area contributed by atoms with E-state index in [1.54, 1.807) is 7.11 Å². The summed E-state index contributed by atoms with van der Waals surface area (Å²) in [5.74, 6) is 0.806. The first-order valence-corrected chi connectivity index (χ1v) is 5.46. The second-order valence-corrected chi connectivity index (χ2v) is 3.83. The van der Waals surface area contributed by atoms with E-state index in [1.807, 2.05) is 41.0 Å². The number of aromatic nitrogens is 2. The van der Waals surface area contributed by atoms with Crippen molar-refractivity contribution in [1.82, 2.24) is 9.61 Å². The summed E-state index contributed by atoms with van der Waals surface area (Å²) in [7, 11) is 1.66. The Bertz CT molecular complexity index is 644. The predicted molar refractivity (Wildman–Crippen MR) is 67.2 cm³/mol. The zero-order chi connectivity index (χ0) is 11.7. The highest BCUT2D eigenvalue weighted by atomic mass is 16.5. The molecule has 17 heavy (non-hydrogen) atoms. The standard InChI is InChI=1S/C14H12N2O/c1-17-13-8-7-12-9-14(15-16(12)10-13)11-5-3-2-4-6-11/h2-10H,1H3. The lowest BCUT2D eigenvalue weighted by molar-refractivity contribution is 0.411. The van der Waals surface area contributed by atoms with E-state index in [2.05, 4.69) is 23.3 Å². The largest absolute Gasteiger partial charge is 0.495 e. The molecule has 84 valence electrons. The molecule has 0 fully saturated rings. The van der Waals surface area contributed by atoms with Crippen LogP contribution in [0.2, 0.25) is 0 Å². The fourth-order valence-electron chi connectivity index (χ4n) is 1.84. The van der Waals surface area contributed by atoms with Crippen LogP contribution >= 0.6 is 0 Å². The predicted octanol–water partition coefficient (Wildman–Crippen LogP) is 3.01. The Morgan fingerprint density at radius 1 is 1.06 bits per heavy atom. The zero-order valence-electron chi connectivity index (χ0n) is 9.50. The first-order valence-electron chi connectivity index (χ1n) is 5.46. The zero-order valence-corrected chi connectivity index (χ0v) is 9.50. The molecule has 0 radical (unpaired) electrons. The van der Waals surface area contributed by atoms with Gasteiger partial charge in [0.1, 0.15) is 5.75 Å². The van der Waals surface area contributed by atoms with Gasteiger partial charge in [0.25, 0.3) is 0 Å². The van der Waals surface area contributed by atoms with Crippen LogP contribution in [0.25, 0.3) is 16.8 Å². The molecule has 3 aromatic rings. The van der Waals surface area contributed by atoms with Crippen LogP contribution in [-0.4, -0.2) is 16.7 Å². The van der Waals surface area contributed by atoms with Crippen LogP contribution in [0.5, 0.6) is 5.75 Å². The summed E-state index contributed by atoms with van der Waals surface area (Å²) < 4.78 is 7.01. The maximum atomic E-state index is 5.18. The number of ether oxygens (including phenoxy) is 1. The van der Waals surface area contributed by atoms with Gasteiger partial charge in [0.2, 0.25) is 0 Å². The summed E-state index contributed by atoms with van der Waals surface area (Å²) in [5.41, 5.74) is 3.15. The molecule has 0 aliphatic carbocycles. The van der Waals surface area contributed by atoms with Crippen molar-refractivity contribution >= 4 is 5.52 Å². The summed E-state index contributed by atoms with van der Waals surface area (Å²) >= 11 is 0. The molecule has 0 aliphatic rings. The Balaban J connectivity index is 2.14. The van der Waals surface area contributed by atoms with Gasteiger partial charge in [-0.1, -0.05) is 30.3 Å². The molecule has 0 bridgehead atoms. The maximum Gasteiger partial charge on any atom is 0.137 e. The molecular weight excluding hydrogens is 212 g/mol. The highest BCUT2D eigenvalue weighted by Gasteiger charge is 2.04. The van der Waals surface area contributed by atoms with Crippen molar-refractivity contribution in [2.24, 2.45) is 0 Å². The number of fused-ring (bicyclic) bond motifs is 1. The van der Waals surface area contributed by atoms with Gasteiger partial charge in [-0.05, 0) is 18.2 Å². The Morgan fingerprint density at radius 2 is 1.88 bits per heavy atom. The lowest BCUT2D eigenvalue weighted by atomic mass is 10.1. The van der Waals surface area contributed by atoms with Crippen molar-refractivity contribution in [2.75, 3.05) is 7.11 Å². The first-order chi connectivity index (χ1) is 8.36. The van der Waals surface area contributed by atoms with Gasteiger partial charge >= 0.3 is 0 Å². The van der Waals surface area contributed by atoms with Gasteiger partial charge in [-0.15, -0.1) is 0 Å². The Morgan fingerprint density at radius 3 is 2.65 bits per heavy atom. The summed E-state index contributed by atoms with van der Waals surface area (Å²) in [6.07, 6.45) is 1.88. The monoisotopic (exact) mass is 224 g/mol. The highest BCUT2D eigenvalue weighted by molar-refractivity contribution is 5.66. The number of pyridine rings is 1. The molecule has 2 aromatic heterocycles. The molecule has 0 unspecified atom stereocenters. The van der Waals surface area contributed by atoms with Gasteiger partial charge in [-0.2, -0.15) is 5.10 Å². The summed E-state index contributed by atoms with van der Waals surface area (Å²) in [5, 5.41) is 4.53. The van der Waals surface area contributed by atoms with Gasteiger partial charge in [0.15, 0.2) is 0 Å². The van der Waals surface area contributed by atoms with Crippen molar-refractivity contribution in [3.63, 3.8) is 0 Å². The molecule has 3 nitrogen and oxygen atoms in total. The summed E-state index contributed by atoms with van der Waals surface area (Å²) in [4.78, 5) is 0. The Hall–Kier alpha value is -2.29. The van der Waals surface area contributed by atoms with E-state index < -0.39 is 0 Å². The minimum absolute atomic E-state index is 0.806. The minimum atomic E-state index is 0.806. The lowest BCUT2D eigenvalue weighted by Gasteiger charge is -1.98. The summed E-state index contributed by atoms with van der Waals surface area (Å²) in [6, 6.07) is 16.1.